The molecule has 1 N–H and O–H groups in total. The van der Waals surface area contributed by atoms with Crippen LogP contribution in [0, 0.1) is 0 Å². The molecule has 2 aromatic rings. The minimum Gasteiger partial charge on any atom is -0.480 e. The minimum absolute atomic E-state index is 0.0340. The first-order chi connectivity index (χ1) is 11.1. The molecule has 0 fully saturated rings. The van der Waals surface area contributed by atoms with E-state index in [9.17, 15) is 19.5 Å². The van der Waals surface area contributed by atoms with E-state index in [0.717, 1.165) is 23.5 Å². The normalized spacial score (nSPS) is 11.7. The molecular weight excluding hydrogens is 332 g/mol. The summed E-state index contributed by atoms with van der Waals surface area (Å²) in [5.41, 5.74) is 0.962. The van der Waals surface area contributed by atoms with Crippen molar-refractivity contribution >= 4 is 39.7 Å². The number of carbonyl (C=O) groups is 3. The van der Waals surface area contributed by atoms with E-state index in [2.05, 4.69) is 0 Å². The maximum absolute atomic E-state index is 12.1. The summed E-state index contributed by atoms with van der Waals surface area (Å²) in [7, 11) is 0. The van der Waals surface area contributed by atoms with Gasteiger partial charge < -0.3 is 5.11 Å². The van der Waals surface area contributed by atoms with Crippen LogP contribution >= 0.6 is 23.5 Å². The molecule has 0 aliphatic carbocycles. The van der Waals surface area contributed by atoms with Crippen molar-refractivity contribution in [2.75, 3.05) is 5.75 Å². The standard InChI is InChI=1S/C17H14O4S2/c18-15(19)14(23-17(21)13-9-5-2-6-10-13)11-22-16(20)12-7-3-1-4-8-12/h1-10,14H,11H2,(H,18,19)/t14-/m1/s1. The highest BCUT2D eigenvalue weighted by atomic mass is 32.2. The molecule has 0 unspecified atom stereocenters. The highest BCUT2D eigenvalue weighted by Crippen LogP contribution is 2.23. The van der Waals surface area contributed by atoms with E-state index < -0.39 is 11.2 Å². The van der Waals surface area contributed by atoms with Crippen molar-refractivity contribution in [2.45, 2.75) is 5.25 Å². The Kier molecular flexibility index (Phi) is 6.43. The Hall–Kier alpha value is -2.05. The molecule has 4 nitrogen and oxygen atoms in total. The first kappa shape index (κ1) is 17.3. The van der Waals surface area contributed by atoms with E-state index in [-0.39, 0.29) is 16.0 Å². The molecule has 0 radical (unpaired) electrons. The lowest BCUT2D eigenvalue weighted by molar-refractivity contribution is -0.135. The zero-order chi connectivity index (χ0) is 16.7. The predicted octanol–water partition coefficient (Wildman–Crippen LogP) is 3.59. The molecule has 118 valence electrons. The number of benzene rings is 2. The highest BCUT2D eigenvalue weighted by molar-refractivity contribution is 8.18. The lowest BCUT2D eigenvalue weighted by atomic mass is 10.2. The third-order valence-electron chi connectivity index (χ3n) is 2.91. The van der Waals surface area contributed by atoms with Gasteiger partial charge in [-0.1, -0.05) is 84.2 Å². The Morgan fingerprint density at radius 3 is 1.78 bits per heavy atom. The Morgan fingerprint density at radius 1 is 0.826 bits per heavy atom. The van der Waals surface area contributed by atoms with Gasteiger partial charge in [-0.25, -0.2) is 0 Å². The third kappa shape index (κ3) is 5.26. The van der Waals surface area contributed by atoms with E-state index in [1.165, 1.54) is 0 Å². The average Bonchev–Trinajstić information content (AvgIpc) is 2.59. The van der Waals surface area contributed by atoms with Crippen molar-refractivity contribution in [3.63, 3.8) is 0 Å². The summed E-state index contributed by atoms with van der Waals surface area (Å²) >= 11 is 1.64. The Labute approximate surface area is 142 Å². The number of hydrogen-bond acceptors (Lipinski definition) is 5. The van der Waals surface area contributed by atoms with Gasteiger partial charge in [-0.3, -0.25) is 14.4 Å². The van der Waals surface area contributed by atoms with Gasteiger partial charge in [-0.15, -0.1) is 0 Å². The van der Waals surface area contributed by atoms with Crippen molar-refractivity contribution < 1.29 is 19.5 Å². The lowest BCUT2D eigenvalue weighted by Gasteiger charge is -2.10. The van der Waals surface area contributed by atoms with Gasteiger partial charge in [0.05, 0.1) is 0 Å². The molecule has 0 saturated carbocycles. The molecule has 0 heterocycles. The second-order valence-electron chi connectivity index (χ2n) is 4.56. The molecule has 0 bridgehead atoms. The predicted molar refractivity (Wildman–Crippen MR) is 93.0 cm³/mol. The largest absolute Gasteiger partial charge is 0.480 e. The van der Waals surface area contributed by atoms with Crippen LogP contribution in [0.1, 0.15) is 20.7 Å². The molecule has 0 aromatic heterocycles. The summed E-state index contributed by atoms with van der Waals surface area (Å²) in [6.07, 6.45) is 0. The summed E-state index contributed by atoms with van der Waals surface area (Å²) in [6, 6.07) is 17.1. The van der Waals surface area contributed by atoms with E-state index in [1.54, 1.807) is 60.7 Å². The molecule has 23 heavy (non-hydrogen) atoms. The molecule has 0 saturated heterocycles. The van der Waals surface area contributed by atoms with E-state index in [1.807, 2.05) is 0 Å². The number of aliphatic carboxylic acids is 1. The first-order valence-corrected chi connectivity index (χ1v) is 8.65. The van der Waals surface area contributed by atoms with Crippen LogP contribution in [-0.4, -0.2) is 32.3 Å². The number of thioether (sulfide) groups is 2. The molecule has 0 aliphatic rings. The van der Waals surface area contributed by atoms with Gasteiger partial charge in [0.1, 0.15) is 5.25 Å². The molecule has 1 atom stereocenters. The van der Waals surface area contributed by atoms with Gasteiger partial charge in [0.25, 0.3) is 0 Å². The summed E-state index contributed by atoms with van der Waals surface area (Å²) in [5, 5.41) is 7.76. The number of carbonyl (C=O) groups excluding carboxylic acids is 2. The van der Waals surface area contributed by atoms with E-state index in [4.69, 9.17) is 0 Å². The van der Waals surface area contributed by atoms with Gasteiger partial charge in [-0.2, -0.15) is 0 Å². The number of carboxylic acids is 1. The van der Waals surface area contributed by atoms with E-state index >= 15 is 0 Å². The van der Waals surface area contributed by atoms with Crippen LogP contribution in [0.3, 0.4) is 0 Å². The topological polar surface area (TPSA) is 71.4 Å². The van der Waals surface area contributed by atoms with Gasteiger partial charge in [0, 0.05) is 16.9 Å². The van der Waals surface area contributed by atoms with Crippen LogP contribution in [0.25, 0.3) is 0 Å². The highest BCUT2D eigenvalue weighted by Gasteiger charge is 2.24. The monoisotopic (exact) mass is 346 g/mol. The summed E-state index contributed by atoms with van der Waals surface area (Å²) in [5.74, 6) is -1.07. The van der Waals surface area contributed by atoms with Crippen molar-refractivity contribution in [1.82, 2.24) is 0 Å². The van der Waals surface area contributed by atoms with Crippen LogP contribution in [0.5, 0.6) is 0 Å². The quantitative estimate of drug-likeness (QED) is 0.862. The Morgan fingerprint density at radius 2 is 1.30 bits per heavy atom. The summed E-state index contributed by atoms with van der Waals surface area (Å²) < 4.78 is 0. The first-order valence-electron chi connectivity index (χ1n) is 6.79. The molecule has 6 heteroatoms. The Bertz CT molecular complexity index is 686. The number of rotatable bonds is 6. The smallest absolute Gasteiger partial charge is 0.317 e. The van der Waals surface area contributed by atoms with Gasteiger partial charge >= 0.3 is 5.97 Å². The molecule has 2 aromatic carbocycles. The fraction of sp³-hybridized carbons (Fsp3) is 0.118. The fourth-order valence-electron chi connectivity index (χ4n) is 1.74. The molecule has 0 aliphatic heterocycles. The zero-order valence-electron chi connectivity index (χ0n) is 12.0. The number of hydrogen-bond donors (Lipinski definition) is 1. The Balaban J connectivity index is 1.96. The number of carboxylic acid groups (broad SMARTS) is 1. The molecular formula is C17H14O4S2. The fourth-order valence-corrected chi connectivity index (χ4v) is 3.59. The maximum atomic E-state index is 12.1. The van der Waals surface area contributed by atoms with Crippen molar-refractivity contribution in [1.29, 1.82) is 0 Å². The van der Waals surface area contributed by atoms with Crippen molar-refractivity contribution in [2.24, 2.45) is 0 Å². The average molecular weight is 346 g/mol. The van der Waals surface area contributed by atoms with Gasteiger partial charge in [0.2, 0.25) is 10.2 Å². The lowest BCUT2D eigenvalue weighted by Crippen LogP contribution is -2.22. The summed E-state index contributed by atoms with van der Waals surface area (Å²) in [6.45, 7) is 0. The second kappa shape index (κ2) is 8.55. The van der Waals surface area contributed by atoms with Crippen LogP contribution < -0.4 is 0 Å². The third-order valence-corrected chi connectivity index (χ3v) is 5.22. The SMILES string of the molecule is O=C(SC[C@@H](SC(=O)c1ccccc1)C(=O)O)c1ccccc1. The second-order valence-corrected chi connectivity index (χ2v) is 6.73. The molecule has 0 spiro atoms. The molecule has 2 rings (SSSR count). The van der Waals surface area contributed by atoms with Crippen LogP contribution in [0.4, 0.5) is 0 Å². The molecule has 0 amide bonds. The minimum atomic E-state index is -1.10. The van der Waals surface area contributed by atoms with Gasteiger partial charge in [-0.05, 0) is 0 Å². The van der Waals surface area contributed by atoms with Crippen molar-refractivity contribution in [3.05, 3.63) is 71.8 Å². The zero-order valence-corrected chi connectivity index (χ0v) is 13.7. The van der Waals surface area contributed by atoms with Crippen LogP contribution in [0.2, 0.25) is 0 Å². The van der Waals surface area contributed by atoms with Crippen LogP contribution in [0.15, 0.2) is 60.7 Å². The maximum Gasteiger partial charge on any atom is 0.317 e. The van der Waals surface area contributed by atoms with Gasteiger partial charge in [0.15, 0.2) is 0 Å². The van der Waals surface area contributed by atoms with Crippen molar-refractivity contribution in [3.8, 4) is 0 Å². The summed E-state index contributed by atoms with van der Waals surface area (Å²) in [4.78, 5) is 35.4. The van der Waals surface area contributed by atoms with Crippen LogP contribution in [-0.2, 0) is 4.79 Å². The van der Waals surface area contributed by atoms with E-state index in [0.29, 0.717) is 11.1 Å².